The molecule has 5 heteroatoms. The molecular formula is C7H13O2S2U. The van der Waals surface area contributed by atoms with Gasteiger partial charge in [0.1, 0.15) is 0 Å². The number of thiol groups is 1. The number of hydrogen-bond acceptors (Lipinski definition) is 4. The van der Waals surface area contributed by atoms with E-state index in [4.69, 9.17) is 4.74 Å². The fourth-order valence-electron chi connectivity index (χ4n) is 0.460. The van der Waals surface area contributed by atoms with Gasteiger partial charge in [-0.3, -0.25) is 0 Å². The first-order valence-corrected chi connectivity index (χ1v) is 22.4. The van der Waals surface area contributed by atoms with E-state index < -0.39 is 20.6 Å². The van der Waals surface area contributed by atoms with Crippen LogP contribution in [0.2, 0.25) is 3.96 Å². The van der Waals surface area contributed by atoms with E-state index in [0.717, 1.165) is 0 Å². The van der Waals surface area contributed by atoms with E-state index in [-0.39, 0.29) is 12.6 Å². The van der Waals surface area contributed by atoms with Crippen LogP contribution in [0.5, 0.6) is 0 Å². The average Bonchev–Trinajstić information content (AvgIpc) is 2.00. The predicted octanol–water partition coefficient (Wildman–Crippen LogP) is 1.85. The molecule has 0 aromatic heterocycles. The summed E-state index contributed by atoms with van der Waals surface area (Å²) in [4.78, 5) is 11.0. The van der Waals surface area contributed by atoms with E-state index in [2.05, 4.69) is 19.0 Å². The maximum atomic E-state index is 11.0. The Morgan fingerprint density at radius 1 is 1.83 bits per heavy atom. The van der Waals surface area contributed by atoms with E-state index in [1.807, 2.05) is 6.26 Å². The zero-order valence-electron chi connectivity index (χ0n) is 7.24. The number of ether oxygens (including phenoxy) is 1. The standard InChI is InChI=1S/C5H6O2.CH4S.CH3.H2S.U/c1-3-4-7-5(2)6;1-2;;;/h2-3H,1,4H2;2H,1H3;1H3;1H2;/q;;;;+2/p-2. The Hall–Kier alpha value is 0.832. The fraction of sp³-hybridized carbons (Fsp3) is 0.429. The summed E-state index contributed by atoms with van der Waals surface area (Å²) in [5.74, 6) is -0.257. The van der Waals surface area contributed by atoms with Crippen molar-refractivity contribution in [1.29, 1.82) is 0 Å². The van der Waals surface area contributed by atoms with Gasteiger partial charge in [0, 0.05) is 0 Å². The summed E-state index contributed by atoms with van der Waals surface area (Å²) in [7, 11) is 6.16. The Balaban J connectivity index is 4.13. The summed E-state index contributed by atoms with van der Waals surface area (Å²) in [5.41, 5.74) is 0. The summed E-state index contributed by atoms with van der Waals surface area (Å²) in [5, 5.41) is 0. The first kappa shape index (κ1) is 12.8. The van der Waals surface area contributed by atoms with Gasteiger partial charge >= 0.3 is 84.6 Å². The van der Waals surface area contributed by atoms with Gasteiger partial charge in [0.2, 0.25) is 0 Å². The average molecular weight is 431 g/mol. The van der Waals surface area contributed by atoms with Gasteiger partial charge < -0.3 is 0 Å². The van der Waals surface area contributed by atoms with Gasteiger partial charge in [-0.25, -0.2) is 0 Å². The van der Waals surface area contributed by atoms with Crippen LogP contribution >= 0.6 is 16.0 Å². The Labute approximate surface area is 83.8 Å². The Bertz CT molecular complexity index is 219. The number of carbonyl (C=O) groups excluding carboxylic acids is 1. The number of hydrogen-bond donors (Lipinski definition) is 1. The third kappa shape index (κ3) is 6.36. The molecule has 0 saturated carbocycles. The van der Waals surface area contributed by atoms with Crippen molar-refractivity contribution in [3.63, 3.8) is 0 Å². The van der Waals surface area contributed by atoms with Crippen LogP contribution in [0.25, 0.3) is 0 Å². The molecule has 0 aromatic rings. The summed E-state index contributed by atoms with van der Waals surface area (Å²) >= 11 is -2.70. The van der Waals surface area contributed by atoms with E-state index in [0.29, 0.717) is 0 Å². The van der Waals surface area contributed by atoms with Gasteiger partial charge in [0.25, 0.3) is 0 Å². The van der Waals surface area contributed by atoms with E-state index in [9.17, 15) is 4.79 Å². The monoisotopic (exact) mass is 431 g/mol. The topological polar surface area (TPSA) is 26.3 Å². The van der Waals surface area contributed by atoms with Crippen molar-refractivity contribution in [3.05, 3.63) is 12.7 Å². The third-order valence-electron chi connectivity index (χ3n) is 1.14. The van der Waals surface area contributed by atoms with Crippen LogP contribution < -0.4 is 0 Å². The van der Waals surface area contributed by atoms with Gasteiger partial charge in [-0.1, -0.05) is 0 Å². The van der Waals surface area contributed by atoms with Crippen LogP contribution in [0.4, 0.5) is 0 Å². The fourth-order valence-corrected chi connectivity index (χ4v) is 6.10. The van der Waals surface area contributed by atoms with Crippen molar-refractivity contribution >= 4 is 25.0 Å². The molecule has 69 valence electrons. The van der Waals surface area contributed by atoms with Crippen LogP contribution in [-0.2, 0) is 9.53 Å². The molecule has 0 aliphatic heterocycles. The zero-order valence-corrected chi connectivity index (χ0v) is 13.1. The van der Waals surface area contributed by atoms with Crippen LogP contribution in [0.15, 0.2) is 12.7 Å². The molecule has 0 N–H and O–H groups in total. The Morgan fingerprint density at radius 3 is 2.83 bits per heavy atom. The molecule has 0 saturated heterocycles. The van der Waals surface area contributed by atoms with Crippen molar-refractivity contribution in [3.8, 4) is 0 Å². The van der Waals surface area contributed by atoms with Gasteiger partial charge in [0.05, 0.1) is 0 Å². The quantitative estimate of drug-likeness (QED) is 0.418. The van der Waals surface area contributed by atoms with Gasteiger partial charge in [0.15, 0.2) is 0 Å². The molecule has 0 aliphatic carbocycles. The molecule has 0 amide bonds. The van der Waals surface area contributed by atoms with Crippen LogP contribution in [0.1, 0.15) is 0 Å². The number of rotatable bonds is 4. The summed E-state index contributed by atoms with van der Waals surface area (Å²) in [6.45, 7) is 3.73. The SMILES string of the molecule is C=CCOC(=O)[CH]=[U]([CH3])([SH])[S]C. The molecule has 0 aromatic carbocycles. The van der Waals surface area contributed by atoms with Gasteiger partial charge in [-0.15, -0.1) is 0 Å². The van der Waals surface area contributed by atoms with Crippen molar-refractivity contribution < 1.29 is 30.1 Å². The molecule has 0 spiro atoms. The van der Waals surface area contributed by atoms with Gasteiger partial charge in [-0.2, -0.15) is 0 Å². The second-order valence-electron chi connectivity index (χ2n) is 2.32. The molecule has 2 nitrogen and oxygen atoms in total. The normalized spacial score (nSPS) is 14.6. The zero-order chi connectivity index (χ0) is 9.61. The number of esters is 1. The summed E-state index contributed by atoms with van der Waals surface area (Å²) < 4.78 is 8.53. The molecule has 0 heterocycles. The minimum absolute atomic E-state index is 0.257. The maximum absolute atomic E-state index is 11.0. The Morgan fingerprint density at radius 2 is 2.42 bits per heavy atom. The molecule has 1 atom stereocenters. The van der Waals surface area contributed by atoms with Crippen molar-refractivity contribution in [2.24, 2.45) is 0 Å². The first-order valence-electron chi connectivity index (χ1n) is 3.43. The van der Waals surface area contributed by atoms with E-state index >= 15 is 0 Å². The summed E-state index contributed by atoms with van der Waals surface area (Å²) in [6, 6.07) is 0. The van der Waals surface area contributed by atoms with Crippen molar-refractivity contribution in [2.75, 3.05) is 12.9 Å². The van der Waals surface area contributed by atoms with E-state index in [1.54, 1.807) is 16.7 Å². The molecular weight excluding hydrogens is 418 g/mol. The number of carbonyl (C=O) groups is 1. The second kappa shape index (κ2) is 6.31. The van der Waals surface area contributed by atoms with Crippen LogP contribution in [-0.4, -0.2) is 21.9 Å². The Kier molecular flexibility index (Phi) is 6.75. The molecule has 0 aliphatic rings. The van der Waals surface area contributed by atoms with Crippen LogP contribution in [0, 0.1) is 20.6 Å². The molecule has 12 heavy (non-hydrogen) atoms. The minimum atomic E-state index is -2.70. The molecule has 0 rings (SSSR count). The molecule has 1 unspecified atom stereocenters. The van der Waals surface area contributed by atoms with E-state index in [1.165, 1.54) is 0 Å². The van der Waals surface area contributed by atoms with Crippen molar-refractivity contribution in [1.82, 2.24) is 0 Å². The summed E-state index contributed by atoms with van der Waals surface area (Å²) in [6.07, 6.45) is 3.54. The molecule has 0 radical (unpaired) electrons. The molecule has 0 bridgehead atoms. The first-order chi connectivity index (χ1) is 5.52. The predicted molar refractivity (Wildman–Crippen MR) is 55.6 cm³/mol. The van der Waals surface area contributed by atoms with Crippen LogP contribution in [0.3, 0.4) is 0 Å². The third-order valence-corrected chi connectivity index (χ3v) is 22.9. The van der Waals surface area contributed by atoms with Gasteiger partial charge in [-0.05, 0) is 0 Å². The molecule has 0 fully saturated rings. The second-order valence-corrected chi connectivity index (χ2v) is 37.2. The van der Waals surface area contributed by atoms with Crippen molar-refractivity contribution in [2.45, 2.75) is 3.96 Å².